The number of methoxy groups -OCH3 is 1. The molecule has 0 aliphatic carbocycles. The smallest absolute Gasteiger partial charge is 0.303 e. The highest BCUT2D eigenvalue weighted by molar-refractivity contribution is 9.10. The van der Waals surface area contributed by atoms with Gasteiger partial charge in [-0.1, -0.05) is 5.21 Å². The van der Waals surface area contributed by atoms with Gasteiger partial charge in [0.25, 0.3) is 0 Å². The Morgan fingerprint density at radius 3 is 2.95 bits per heavy atom. The van der Waals surface area contributed by atoms with Gasteiger partial charge >= 0.3 is 5.97 Å². The zero-order chi connectivity index (χ0) is 15.2. The summed E-state index contributed by atoms with van der Waals surface area (Å²) in [6, 6.07) is 5.62. The molecule has 2 aromatic rings. The minimum absolute atomic E-state index is 0.190. The number of unbranched alkanes of at least 4 members (excludes halogenated alkanes) is 1. The van der Waals surface area contributed by atoms with Gasteiger partial charge in [0.1, 0.15) is 5.75 Å². The Balaban J connectivity index is 2.04. The molecule has 0 saturated carbocycles. The minimum atomic E-state index is -0.765. The van der Waals surface area contributed by atoms with Crippen molar-refractivity contribution >= 4 is 21.9 Å². The van der Waals surface area contributed by atoms with Gasteiger partial charge in [-0.05, 0) is 47.3 Å². The van der Waals surface area contributed by atoms with Gasteiger partial charge in [0.05, 0.1) is 24.7 Å². The normalized spacial score (nSPS) is 10.6. The first kappa shape index (κ1) is 15.5. The van der Waals surface area contributed by atoms with Crippen LogP contribution < -0.4 is 4.74 Å². The van der Waals surface area contributed by atoms with Crippen molar-refractivity contribution in [2.75, 3.05) is 7.11 Å². The first-order valence-corrected chi connectivity index (χ1v) is 7.36. The van der Waals surface area contributed by atoms with Gasteiger partial charge in [-0.25, -0.2) is 4.68 Å². The second-order valence-electron chi connectivity index (χ2n) is 4.57. The van der Waals surface area contributed by atoms with Crippen molar-refractivity contribution < 1.29 is 14.6 Å². The second-order valence-corrected chi connectivity index (χ2v) is 5.43. The van der Waals surface area contributed by atoms with Crippen molar-refractivity contribution in [2.24, 2.45) is 0 Å². The lowest BCUT2D eigenvalue weighted by Crippen LogP contribution is -1.97. The van der Waals surface area contributed by atoms with E-state index in [9.17, 15) is 4.79 Å². The Labute approximate surface area is 130 Å². The van der Waals surface area contributed by atoms with E-state index in [1.807, 2.05) is 24.4 Å². The van der Waals surface area contributed by atoms with Crippen LogP contribution in [0.5, 0.6) is 5.75 Å². The molecule has 1 N–H and O–H groups in total. The molecule has 21 heavy (non-hydrogen) atoms. The Kier molecular flexibility index (Phi) is 5.32. The van der Waals surface area contributed by atoms with Crippen LogP contribution in [0.1, 0.15) is 25.0 Å². The van der Waals surface area contributed by atoms with Crippen LogP contribution in [0.25, 0.3) is 5.69 Å². The fourth-order valence-corrected chi connectivity index (χ4v) is 2.34. The highest BCUT2D eigenvalue weighted by Crippen LogP contribution is 2.25. The predicted octanol–water partition coefficient (Wildman–Crippen LogP) is 2.84. The number of halogens is 1. The molecule has 2 rings (SSSR count). The fraction of sp³-hybridized carbons (Fsp3) is 0.357. The van der Waals surface area contributed by atoms with E-state index in [4.69, 9.17) is 9.84 Å². The average Bonchev–Trinajstić information content (AvgIpc) is 2.92. The number of aliphatic carboxylic acids is 1. The average molecular weight is 354 g/mol. The van der Waals surface area contributed by atoms with E-state index in [1.165, 1.54) is 0 Å². The van der Waals surface area contributed by atoms with Crippen molar-refractivity contribution in [3.05, 3.63) is 34.6 Å². The third-order valence-corrected chi connectivity index (χ3v) is 3.69. The molecule has 0 aliphatic rings. The number of aromatic nitrogens is 3. The molecule has 7 heteroatoms. The summed E-state index contributed by atoms with van der Waals surface area (Å²) in [4.78, 5) is 10.4. The first-order valence-electron chi connectivity index (χ1n) is 6.57. The number of carboxylic acid groups (broad SMARTS) is 1. The number of ether oxygens (including phenoxy) is 1. The summed E-state index contributed by atoms with van der Waals surface area (Å²) >= 11 is 3.48. The molecule has 1 aromatic heterocycles. The number of hydrogen-bond acceptors (Lipinski definition) is 4. The van der Waals surface area contributed by atoms with Crippen LogP contribution in [0.3, 0.4) is 0 Å². The lowest BCUT2D eigenvalue weighted by atomic mass is 10.1. The van der Waals surface area contributed by atoms with Crippen LogP contribution in [0.2, 0.25) is 0 Å². The molecule has 6 nitrogen and oxygen atoms in total. The fourth-order valence-electron chi connectivity index (χ4n) is 1.91. The van der Waals surface area contributed by atoms with Crippen molar-refractivity contribution in [3.63, 3.8) is 0 Å². The maximum absolute atomic E-state index is 10.4. The molecule has 0 unspecified atom stereocenters. The SMILES string of the molecule is COc1ccc(Br)c(-n2cc(CCCCC(=O)O)nn2)c1. The number of nitrogens with zero attached hydrogens (tertiary/aromatic N) is 3. The molecule has 0 atom stereocenters. The van der Waals surface area contributed by atoms with Gasteiger partial charge in [0, 0.05) is 17.0 Å². The number of carbonyl (C=O) groups is 1. The molecular formula is C14H16BrN3O3. The van der Waals surface area contributed by atoms with Gasteiger partial charge in [0.15, 0.2) is 0 Å². The van der Waals surface area contributed by atoms with Gasteiger partial charge < -0.3 is 9.84 Å². The second kappa shape index (κ2) is 7.21. The van der Waals surface area contributed by atoms with E-state index < -0.39 is 5.97 Å². The summed E-state index contributed by atoms with van der Waals surface area (Å²) in [7, 11) is 1.61. The molecule has 112 valence electrons. The van der Waals surface area contributed by atoms with Crippen molar-refractivity contribution in [2.45, 2.75) is 25.7 Å². The number of hydrogen-bond donors (Lipinski definition) is 1. The molecular weight excluding hydrogens is 338 g/mol. The predicted molar refractivity (Wildman–Crippen MR) is 80.8 cm³/mol. The van der Waals surface area contributed by atoms with Crippen LogP contribution >= 0.6 is 15.9 Å². The summed E-state index contributed by atoms with van der Waals surface area (Å²) in [5.74, 6) is -0.0225. The molecule has 0 radical (unpaired) electrons. The zero-order valence-corrected chi connectivity index (χ0v) is 13.2. The maximum Gasteiger partial charge on any atom is 0.303 e. The van der Waals surface area contributed by atoms with E-state index in [-0.39, 0.29) is 6.42 Å². The Morgan fingerprint density at radius 2 is 2.24 bits per heavy atom. The summed E-state index contributed by atoms with van der Waals surface area (Å²) in [5, 5.41) is 16.8. The molecule has 1 heterocycles. The summed E-state index contributed by atoms with van der Waals surface area (Å²) in [6.07, 6.45) is 4.18. The highest BCUT2D eigenvalue weighted by atomic mass is 79.9. The summed E-state index contributed by atoms with van der Waals surface area (Å²) < 4.78 is 7.78. The minimum Gasteiger partial charge on any atom is -0.497 e. The van der Waals surface area contributed by atoms with Crippen LogP contribution in [0.4, 0.5) is 0 Å². The topological polar surface area (TPSA) is 77.2 Å². The molecule has 1 aromatic carbocycles. The van der Waals surface area contributed by atoms with Gasteiger partial charge in [-0.2, -0.15) is 0 Å². The van der Waals surface area contributed by atoms with Crippen LogP contribution in [0, 0.1) is 0 Å². The highest BCUT2D eigenvalue weighted by Gasteiger charge is 2.08. The number of rotatable bonds is 7. The summed E-state index contributed by atoms with van der Waals surface area (Å²) in [6.45, 7) is 0. The third-order valence-electron chi connectivity index (χ3n) is 3.01. The lowest BCUT2D eigenvalue weighted by molar-refractivity contribution is -0.137. The molecule has 0 fully saturated rings. The van der Waals surface area contributed by atoms with E-state index in [0.717, 1.165) is 34.4 Å². The van der Waals surface area contributed by atoms with Gasteiger partial charge in [-0.3, -0.25) is 4.79 Å². The van der Waals surface area contributed by atoms with E-state index in [2.05, 4.69) is 26.2 Å². The van der Waals surface area contributed by atoms with E-state index in [1.54, 1.807) is 11.8 Å². The zero-order valence-electron chi connectivity index (χ0n) is 11.6. The van der Waals surface area contributed by atoms with Gasteiger partial charge in [0.2, 0.25) is 0 Å². The number of benzene rings is 1. The van der Waals surface area contributed by atoms with Crippen molar-refractivity contribution in [1.82, 2.24) is 15.0 Å². The van der Waals surface area contributed by atoms with E-state index >= 15 is 0 Å². The Hall–Kier alpha value is -1.89. The number of carboxylic acids is 1. The summed E-state index contributed by atoms with van der Waals surface area (Å²) in [5.41, 5.74) is 1.69. The van der Waals surface area contributed by atoms with Crippen molar-refractivity contribution in [1.29, 1.82) is 0 Å². The van der Waals surface area contributed by atoms with Crippen LogP contribution in [-0.2, 0) is 11.2 Å². The molecule has 0 amide bonds. The molecule has 0 aliphatic heterocycles. The Bertz CT molecular complexity index is 628. The largest absolute Gasteiger partial charge is 0.497 e. The quantitative estimate of drug-likeness (QED) is 0.774. The first-order chi connectivity index (χ1) is 10.1. The molecule has 0 saturated heterocycles. The van der Waals surface area contributed by atoms with Crippen LogP contribution in [-0.4, -0.2) is 33.2 Å². The molecule has 0 bridgehead atoms. The van der Waals surface area contributed by atoms with E-state index in [0.29, 0.717) is 6.42 Å². The van der Waals surface area contributed by atoms with Gasteiger partial charge in [-0.15, -0.1) is 5.10 Å². The maximum atomic E-state index is 10.4. The lowest BCUT2D eigenvalue weighted by Gasteiger charge is -2.06. The van der Waals surface area contributed by atoms with Crippen LogP contribution in [0.15, 0.2) is 28.9 Å². The standard InChI is InChI=1S/C14H16BrN3O3/c1-21-11-6-7-12(15)13(8-11)18-9-10(16-17-18)4-2-3-5-14(19)20/h6-9H,2-5H2,1H3,(H,19,20). The monoisotopic (exact) mass is 353 g/mol. The number of aryl methyl sites for hydroxylation is 1. The Morgan fingerprint density at radius 1 is 1.43 bits per heavy atom. The third kappa shape index (κ3) is 4.29. The van der Waals surface area contributed by atoms with Crippen molar-refractivity contribution in [3.8, 4) is 11.4 Å². The molecule has 0 spiro atoms.